The lowest BCUT2D eigenvalue weighted by molar-refractivity contribution is -0.0625. The Morgan fingerprint density at radius 3 is 2.76 bits per heavy atom. The molecule has 0 spiro atoms. The highest BCUT2D eigenvalue weighted by atomic mass is 16.6. The number of nitrogens with zero attached hydrogens (tertiary/aromatic N) is 4. The van der Waals surface area contributed by atoms with Crippen LogP contribution in [-0.4, -0.2) is 68.3 Å². The SMILES string of the molecule is CNc1ncnc2c1ncn2[C@@H]1O[C@H](COCC2=CCC(c3ccccc3)C=C2)[C@@H](O)[C@H]1O. The molecule has 3 N–H and O–H groups in total. The molecule has 0 saturated carbocycles. The summed E-state index contributed by atoms with van der Waals surface area (Å²) in [5.41, 5.74) is 3.46. The van der Waals surface area contributed by atoms with Gasteiger partial charge in [-0.2, -0.15) is 0 Å². The molecule has 3 aromatic rings. The van der Waals surface area contributed by atoms with E-state index in [0.29, 0.717) is 29.5 Å². The first-order chi connectivity index (χ1) is 16.2. The van der Waals surface area contributed by atoms with Crippen LogP contribution in [0.2, 0.25) is 0 Å². The predicted molar refractivity (Wildman–Crippen MR) is 123 cm³/mol. The van der Waals surface area contributed by atoms with Gasteiger partial charge in [-0.05, 0) is 17.6 Å². The quantitative estimate of drug-likeness (QED) is 0.503. The molecular formula is C24H27N5O4. The van der Waals surface area contributed by atoms with Crippen LogP contribution in [-0.2, 0) is 9.47 Å². The molecule has 0 amide bonds. The van der Waals surface area contributed by atoms with Crippen LogP contribution in [0.5, 0.6) is 0 Å². The Labute approximate surface area is 191 Å². The number of allylic oxidation sites excluding steroid dienone is 2. The van der Waals surface area contributed by atoms with Crippen molar-refractivity contribution in [2.75, 3.05) is 25.6 Å². The highest BCUT2D eigenvalue weighted by Crippen LogP contribution is 2.32. The molecular weight excluding hydrogens is 422 g/mol. The Hall–Kier alpha value is -3.11. The van der Waals surface area contributed by atoms with Gasteiger partial charge in [-0.15, -0.1) is 0 Å². The molecule has 5 rings (SSSR count). The summed E-state index contributed by atoms with van der Waals surface area (Å²) in [6, 6.07) is 10.4. The molecule has 2 aromatic heterocycles. The number of imidazole rings is 1. The van der Waals surface area contributed by atoms with Gasteiger partial charge >= 0.3 is 0 Å². The smallest absolute Gasteiger partial charge is 0.167 e. The van der Waals surface area contributed by atoms with Gasteiger partial charge in [0.15, 0.2) is 17.7 Å². The molecule has 33 heavy (non-hydrogen) atoms. The zero-order valence-electron chi connectivity index (χ0n) is 18.3. The van der Waals surface area contributed by atoms with Crippen molar-refractivity contribution in [3.05, 3.63) is 72.4 Å². The van der Waals surface area contributed by atoms with E-state index < -0.39 is 24.5 Å². The Balaban J connectivity index is 1.18. The van der Waals surface area contributed by atoms with Crippen LogP contribution in [0.4, 0.5) is 5.82 Å². The summed E-state index contributed by atoms with van der Waals surface area (Å²) in [7, 11) is 1.75. The van der Waals surface area contributed by atoms with Crippen molar-refractivity contribution >= 4 is 17.0 Å². The van der Waals surface area contributed by atoms with Crippen LogP contribution in [0.25, 0.3) is 11.2 Å². The number of fused-ring (bicyclic) bond motifs is 1. The molecule has 1 fully saturated rings. The van der Waals surface area contributed by atoms with Crippen molar-refractivity contribution in [3.8, 4) is 0 Å². The molecule has 1 aliphatic carbocycles. The second-order valence-electron chi connectivity index (χ2n) is 8.25. The molecule has 0 bridgehead atoms. The maximum atomic E-state index is 10.6. The van der Waals surface area contributed by atoms with Crippen molar-refractivity contribution in [1.82, 2.24) is 19.5 Å². The van der Waals surface area contributed by atoms with E-state index in [9.17, 15) is 10.2 Å². The number of aliphatic hydroxyl groups excluding tert-OH is 2. The van der Waals surface area contributed by atoms with Gasteiger partial charge < -0.3 is 25.0 Å². The van der Waals surface area contributed by atoms with E-state index in [1.807, 2.05) is 6.07 Å². The summed E-state index contributed by atoms with van der Waals surface area (Å²) in [5, 5.41) is 24.1. The van der Waals surface area contributed by atoms with E-state index in [4.69, 9.17) is 9.47 Å². The van der Waals surface area contributed by atoms with Crippen molar-refractivity contribution in [3.63, 3.8) is 0 Å². The Morgan fingerprint density at radius 2 is 2.00 bits per heavy atom. The standard InChI is InChI=1S/C24H27N5O4/c1-25-22-19-23(27-13-26-22)29(14-28-19)24-21(31)20(30)18(33-24)12-32-11-15-7-9-17(10-8-15)16-5-3-2-4-6-16/h2-9,13-14,17-18,20-21,24,30-31H,10-12H2,1H3,(H,25,26,27)/t17?,18-,20-,21-,24-/m1/s1. The number of nitrogens with one attached hydrogen (secondary N) is 1. The zero-order chi connectivity index (χ0) is 22.8. The molecule has 1 aliphatic heterocycles. The van der Waals surface area contributed by atoms with E-state index in [1.165, 1.54) is 18.2 Å². The molecule has 1 aromatic carbocycles. The van der Waals surface area contributed by atoms with Gasteiger partial charge in [-0.1, -0.05) is 48.6 Å². The Bertz CT molecular complexity index is 1160. The number of hydrogen-bond acceptors (Lipinski definition) is 8. The van der Waals surface area contributed by atoms with Crippen molar-refractivity contribution in [2.45, 2.75) is 36.9 Å². The third-order valence-corrected chi connectivity index (χ3v) is 6.16. The monoisotopic (exact) mass is 449 g/mol. The zero-order valence-corrected chi connectivity index (χ0v) is 18.3. The van der Waals surface area contributed by atoms with Crippen LogP contribution < -0.4 is 5.32 Å². The number of aliphatic hydroxyl groups is 2. The predicted octanol–water partition coefficient (Wildman–Crippen LogP) is 2.17. The number of benzene rings is 1. The third kappa shape index (κ3) is 4.28. The first kappa shape index (κ1) is 21.7. The van der Waals surface area contributed by atoms with Gasteiger partial charge in [0.1, 0.15) is 30.2 Å². The summed E-state index contributed by atoms with van der Waals surface area (Å²) in [6.45, 7) is 0.573. The van der Waals surface area contributed by atoms with Crippen molar-refractivity contribution in [2.24, 2.45) is 0 Å². The number of rotatable bonds is 7. The van der Waals surface area contributed by atoms with Crippen LogP contribution in [0.3, 0.4) is 0 Å². The number of hydrogen-bond donors (Lipinski definition) is 3. The number of anilines is 1. The minimum Gasteiger partial charge on any atom is -0.387 e. The number of ether oxygens (including phenoxy) is 2. The van der Waals surface area contributed by atoms with E-state index in [2.05, 4.69) is 62.8 Å². The lowest BCUT2D eigenvalue weighted by Crippen LogP contribution is -2.34. The fourth-order valence-corrected chi connectivity index (χ4v) is 4.33. The highest BCUT2D eigenvalue weighted by molar-refractivity contribution is 5.82. The molecule has 2 aliphatic rings. The minimum absolute atomic E-state index is 0.158. The normalized spacial score (nSPS) is 27.1. The molecule has 1 saturated heterocycles. The van der Waals surface area contributed by atoms with Crippen LogP contribution in [0, 0.1) is 0 Å². The maximum absolute atomic E-state index is 10.6. The van der Waals surface area contributed by atoms with Gasteiger partial charge in [-0.25, -0.2) is 15.0 Å². The van der Waals surface area contributed by atoms with Crippen LogP contribution >= 0.6 is 0 Å². The van der Waals surface area contributed by atoms with Crippen LogP contribution in [0.15, 0.2) is 66.8 Å². The largest absolute Gasteiger partial charge is 0.387 e. The second-order valence-corrected chi connectivity index (χ2v) is 8.25. The van der Waals surface area contributed by atoms with Crippen molar-refractivity contribution < 1.29 is 19.7 Å². The van der Waals surface area contributed by atoms with Gasteiger partial charge in [0, 0.05) is 13.0 Å². The molecule has 9 heteroatoms. The lowest BCUT2D eigenvalue weighted by Gasteiger charge is -2.18. The van der Waals surface area contributed by atoms with E-state index in [-0.39, 0.29) is 6.61 Å². The average molecular weight is 450 g/mol. The summed E-state index contributed by atoms with van der Waals surface area (Å²) in [5.74, 6) is 0.957. The molecule has 0 radical (unpaired) electrons. The van der Waals surface area contributed by atoms with Gasteiger partial charge in [0.05, 0.1) is 19.5 Å². The molecule has 1 unspecified atom stereocenters. The molecule has 5 atom stereocenters. The van der Waals surface area contributed by atoms with E-state index in [0.717, 1.165) is 12.0 Å². The first-order valence-electron chi connectivity index (χ1n) is 11.0. The summed E-state index contributed by atoms with van der Waals surface area (Å²) < 4.78 is 13.4. The summed E-state index contributed by atoms with van der Waals surface area (Å²) in [4.78, 5) is 12.7. The van der Waals surface area contributed by atoms with Gasteiger partial charge in [-0.3, -0.25) is 4.57 Å². The molecule has 172 valence electrons. The Morgan fingerprint density at radius 1 is 1.15 bits per heavy atom. The topological polar surface area (TPSA) is 115 Å². The molecule has 9 nitrogen and oxygen atoms in total. The lowest BCUT2D eigenvalue weighted by atomic mass is 9.90. The molecule has 3 heterocycles. The number of aromatic nitrogens is 4. The van der Waals surface area contributed by atoms with E-state index in [1.54, 1.807) is 11.6 Å². The Kier molecular flexibility index (Phi) is 6.19. The minimum atomic E-state index is -1.13. The average Bonchev–Trinajstić information content (AvgIpc) is 3.41. The maximum Gasteiger partial charge on any atom is 0.167 e. The summed E-state index contributed by atoms with van der Waals surface area (Å²) >= 11 is 0. The van der Waals surface area contributed by atoms with Crippen molar-refractivity contribution in [1.29, 1.82) is 0 Å². The second kappa shape index (κ2) is 9.40. The fraction of sp³-hybridized carbons (Fsp3) is 0.375. The third-order valence-electron chi connectivity index (χ3n) is 6.16. The summed E-state index contributed by atoms with van der Waals surface area (Å²) in [6.07, 6.45) is 6.62. The van der Waals surface area contributed by atoms with Crippen LogP contribution in [0.1, 0.15) is 24.1 Å². The van der Waals surface area contributed by atoms with E-state index >= 15 is 0 Å². The first-order valence-corrected chi connectivity index (χ1v) is 11.0. The highest BCUT2D eigenvalue weighted by Gasteiger charge is 2.44. The fourth-order valence-electron chi connectivity index (χ4n) is 4.33. The van der Waals surface area contributed by atoms with Gasteiger partial charge in [0.25, 0.3) is 0 Å². The van der Waals surface area contributed by atoms with Gasteiger partial charge in [0.2, 0.25) is 0 Å².